The standard InChI is InChI=1S/C32H27N5O3S/c38-25-17-15-23(16-18-25)36-20-6-10-28(36)31-30(27-9-4-5-19-33-27)35-32(41)37(31)24-13-11-22(12-14-24)34-29(39)21-40-26-7-2-1-3-8-26/h1-20,30-31,38H,21H2,(H,34,39)(H,35,41)/t30-,31+/m0/s1. The number of amides is 1. The Bertz CT molecular complexity index is 1640. The fourth-order valence-corrected chi connectivity index (χ4v) is 5.33. The van der Waals surface area contributed by atoms with E-state index >= 15 is 0 Å². The highest BCUT2D eigenvalue weighted by atomic mass is 32.1. The zero-order valence-corrected chi connectivity index (χ0v) is 22.7. The van der Waals surface area contributed by atoms with Gasteiger partial charge in [0.25, 0.3) is 5.91 Å². The minimum atomic E-state index is -0.250. The Morgan fingerprint density at radius 3 is 2.37 bits per heavy atom. The number of rotatable bonds is 8. The van der Waals surface area contributed by atoms with E-state index in [-0.39, 0.29) is 30.3 Å². The van der Waals surface area contributed by atoms with Gasteiger partial charge in [-0.3, -0.25) is 9.78 Å². The molecule has 5 aromatic rings. The summed E-state index contributed by atoms with van der Waals surface area (Å²) in [7, 11) is 0. The Hall–Kier alpha value is -5.15. The molecule has 204 valence electrons. The van der Waals surface area contributed by atoms with Crippen LogP contribution in [0.3, 0.4) is 0 Å². The van der Waals surface area contributed by atoms with Crippen molar-refractivity contribution in [3.05, 3.63) is 133 Å². The van der Waals surface area contributed by atoms with Crippen molar-refractivity contribution in [3.8, 4) is 17.2 Å². The van der Waals surface area contributed by atoms with Gasteiger partial charge in [-0.2, -0.15) is 0 Å². The zero-order valence-electron chi connectivity index (χ0n) is 21.9. The van der Waals surface area contributed by atoms with Crippen molar-refractivity contribution in [1.82, 2.24) is 14.9 Å². The molecule has 8 nitrogen and oxygen atoms in total. The number of ether oxygens (including phenoxy) is 1. The lowest BCUT2D eigenvalue weighted by atomic mass is 10.0. The number of phenols is 1. The quantitative estimate of drug-likeness (QED) is 0.207. The van der Waals surface area contributed by atoms with Gasteiger partial charge in [0.05, 0.1) is 11.7 Å². The van der Waals surface area contributed by atoms with Crippen LogP contribution in [0.15, 0.2) is 122 Å². The van der Waals surface area contributed by atoms with E-state index in [1.165, 1.54) is 0 Å². The minimum Gasteiger partial charge on any atom is -0.508 e. The molecule has 1 aliphatic heterocycles. The van der Waals surface area contributed by atoms with Crippen molar-refractivity contribution in [3.63, 3.8) is 0 Å². The van der Waals surface area contributed by atoms with Gasteiger partial charge in [-0.15, -0.1) is 0 Å². The number of para-hydroxylation sites is 1. The minimum absolute atomic E-state index is 0.0893. The van der Waals surface area contributed by atoms with Gasteiger partial charge in [0.2, 0.25) is 0 Å². The summed E-state index contributed by atoms with van der Waals surface area (Å²) < 4.78 is 7.64. The molecule has 2 aromatic heterocycles. The second kappa shape index (κ2) is 11.5. The van der Waals surface area contributed by atoms with Crippen molar-refractivity contribution in [2.45, 2.75) is 12.1 Å². The number of hydrogen-bond acceptors (Lipinski definition) is 5. The molecule has 3 aromatic carbocycles. The maximum Gasteiger partial charge on any atom is 0.262 e. The number of carbonyl (C=O) groups is 1. The number of aromatic hydroxyl groups is 1. The molecule has 0 bridgehead atoms. The lowest BCUT2D eigenvalue weighted by molar-refractivity contribution is -0.118. The normalized spacial score (nSPS) is 16.3. The summed E-state index contributed by atoms with van der Waals surface area (Å²) in [5, 5.41) is 16.8. The van der Waals surface area contributed by atoms with Gasteiger partial charge in [-0.05, 0) is 97.1 Å². The molecular weight excluding hydrogens is 534 g/mol. The average Bonchev–Trinajstić information content (AvgIpc) is 3.62. The van der Waals surface area contributed by atoms with Crippen LogP contribution in [-0.4, -0.2) is 32.3 Å². The van der Waals surface area contributed by atoms with Crippen LogP contribution in [-0.2, 0) is 4.79 Å². The van der Waals surface area contributed by atoms with Crippen molar-refractivity contribution in [2.24, 2.45) is 0 Å². The summed E-state index contributed by atoms with van der Waals surface area (Å²) in [4.78, 5) is 19.2. The molecule has 1 aliphatic rings. The van der Waals surface area contributed by atoms with Gasteiger partial charge in [0.1, 0.15) is 17.5 Å². The zero-order chi connectivity index (χ0) is 28.2. The predicted molar refractivity (Wildman–Crippen MR) is 162 cm³/mol. The SMILES string of the molecule is O=C(COc1ccccc1)Nc1ccc(N2C(=S)N[C@@H](c3ccccn3)[C@H]2c2cccn2-c2ccc(O)cc2)cc1. The number of hydrogen-bond donors (Lipinski definition) is 3. The van der Waals surface area contributed by atoms with E-state index in [0.717, 1.165) is 22.8 Å². The van der Waals surface area contributed by atoms with Gasteiger partial charge in [0.15, 0.2) is 11.7 Å². The number of carbonyl (C=O) groups excluding carboxylic acids is 1. The lowest BCUT2D eigenvalue weighted by Crippen LogP contribution is -2.30. The number of thiocarbonyl (C=S) groups is 1. The third-order valence-electron chi connectivity index (χ3n) is 6.85. The highest BCUT2D eigenvalue weighted by Crippen LogP contribution is 2.42. The highest BCUT2D eigenvalue weighted by molar-refractivity contribution is 7.80. The number of pyridine rings is 1. The van der Waals surface area contributed by atoms with E-state index in [1.807, 2.05) is 97.2 Å². The van der Waals surface area contributed by atoms with Gasteiger partial charge in [-0.25, -0.2) is 0 Å². The van der Waals surface area contributed by atoms with Crippen LogP contribution in [0.4, 0.5) is 11.4 Å². The molecule has 0 saturated carbocycles. The molecule has 6 rings (SSSR count). The highest BCUT2D eigenvalue weighted by Gasteiger charge is 2.42. The molecule has 41 heavy (non-hydrogen) atoms. The van der Waals surface area contributed by atoms with Crippen LogP contribution in [0.25, 0.3) is 5.69 Å². The Labute approximate surface area is 242 Å². The molecule has 0 spiro atoms. The first-order chi connectivity index (χ1) is 20.1. The molecular formula is C32H27N5O3S. The molecule has 1 amide bonds. The Kier molecular flexibility index (Phi) is 7.34. The van der Waals surface area contributed by atoms with E-state index < -0.39 is 0 Å². The average molecular weight is 562 g/mol. The van der Waals surface area contributed by atoms with Crippen molar-refractivity contribution < 1.29 is 14.6 Å². The number of nitrogens with zero attached hydrogens (tertiary/aromatic N) is 3. The molecule has 1 saturated heterocycles. The monoisotopic (exact) mass is 561 g/mol. The summed E-state index contributed by atoms with van der Waals surface area (Å²) in [6.07, 6.45) is 3.77. The van der Waals surface area contributed by atoms with Crippen LogP contribution >= 0.6 is 12.2 Å². The number of aromatic nitrogens is 2. The van der Waals surface area contributed by atoms with E-state index in [9.17, 15) is 9.90 Å². The molecule has 2 atom stereocenters. The summed E-state index contributed by atoms with van der Waals surface area (Å²) in [6.45, 7) is -0.0893. The topological polar surface area (TPSA) is 91.7 Å². The number of benzene rings is 3. The summed E-state index contributed by atoms with van der Waals surface area (Å²) in [6, 6.07) is 33.3. The van der Waals surface area contributed by atoms with Crippen molar-refractivity contribution >= 4 is 34.6 Å². The smallest absolute Gasteiger partial charge is 0.262 e. The first kappa shape index (κ1) is 26.1. The van der Waals surface area contributed by atoms with Crippen molar-refractivity contribution in [1.29, 1.82) is 0 Å². The molecule has 1 fully saturated rings. The predicted octanol–water partition coefficient (Wildman–Crippen LogP) is 5.77. The second-order valence-corrected chi connectivity index (χ2v) is 9.90. The van der Waals surface area contributed by atoms with E-state index in [1.54, 1.807) is 18.3 Å². The molecule has 0 unspecified atom stereocenters. The maximum absolute atomic E-state index is 12.5. The van der Waals surface area contributed by atoms with Gasteiger partial charge in [-0.1, -0.05) is 24.3 Å². The Balaban J connectivity index is 1.28. The van der Waals surface area contributed by atoms with Crippen LogP contribution in [0, 0.1) is 0 Å². The van der Waals surface area contributed by atoms with Crippen LogP contribution < -0.4 is 20.3 Å². The summed E-state index contributed by atoms with van der Waals surface area (Å²) >= 11 is 5.87. The van der Waals surface area contributed by atoms with Crippen LogP contribution in [0.1, 0.15) is 23.5 Å². The first-order valence-corrected chi connectivity index (χ1v) is 13.5. The molecule has 0 radical (unpaired) electrons. The Morgan fingerprint density at radius 2 is 1.63 bits per heavy atom. The number of nitrogens with one attached hydrogen (secondary N) is 2. The Morgan fingerprint density at radius 1 is 0.902 bits per heavy atom. The largest absolute Gasteiger partial charge is 0.508 e. The third-order valence-corrected chi connectivity index (χ3v) is 7.17. The van der Waals surface area contributed by atoms with E-state index in [0.29, 0.717) is 16.5 Å². The van der Waals surface area contributed by atoms with Crippen LogP contribution in [0.2, 0.25) is 0 Å². The molecule has 3 heterocycles. The number of phenolic OH excluding ortho intramolecular Hbond substituents is 1. The maximum atomic E-state index is 12.5. The summed E-state index contributed by atoms with van der Waals surface area (Å²) in [5.41, 5.74) is 4.29. The lowest BCUT2D eigenvalue weighted by Gasteiger charge is -2.29. The first-order valence-electron chi connectivity index (χ1n) is 13.1. The van der Waals surface area contributed by atoms with Gasteiger partial charge < -0.3 is 29.9 Å². The fraction of sp³-hybridized carbons (Fsp3) is 0.0938. The van der Waals surface area contributed by atoms with Gasteiger partial charge in [0, 0.05) is 35.1 Å². The summed E-state index contributed by atoms with van der Waals surface area (Å²) in [5.74, 6) is 0.594. The number of anilines is 2. The third kappa shape index (κ3) is 5.61. The van der Waals surface area contributed by atoms with Crippen molar-refractivity contribution in [2.75, 3.05) is 16.8 Å². The van der Waals surface area contributed by atoms with Crippen LogP contribution in [0.5, 0.6) is 11.5 Å². The molecule has 9 heteroatoms. The molecule has 3 N–H and O–H groups in total. The molecule has 0 aliphatic carbocycles. The van der Waals surface area contributed by atoms with E-state index in [2.05, 4.69) is 31.2 Å². The van der Waals surface area contributed by atoms with Gasteiger partial charge >= 0.3 is 0 Å². The fourth-order valence-electron chi connectivity index (χ4n) is 4.98. The van der Waals surface area contributed by atoms with E-state index in [4.69, 9.17) is 17.0 Å². The second-order valence-electron chi connectivity index (χ2n) is 9.51.